The Morgan fingerprint density at radius 2 is 1.88 bits per heavy atom. The van der Waals surface area contributed by atoms with E-state index in [1.54, 1.807) is 19.2 Å². The summed E-state index contributed by atoms with van der Waals surface area (Å²) in [6.45, 7) is 1.49. The van der Waals surface area contributed by atoms with Gasteiger partial charge < -0.3 is 9.15 Å². The maximum Gasteiger partial charge on any atom is 0.194 e. The molecule has 3 nitrogen and oxygen atoms in total. The van der Waals surface area contributed by atoms with Crippen LogP contribution in [0.2, 0.25) is 0 Å². The van der Waals surface area contributed by atoms with Crippen LogP contribution in [0.5, 0.6) is 5.75 Å². The normalized spacial score (nSPS) is 10.2. The SMILES string of the molecule is COc1ccc(Sc2ccc(C(C)=O)o2)cc1. The quantitative estimate of drug-likeness (QED) is 0.774. The van der Waals surface area contributed by atoms with Gasteiger partial charge in [-0.2, -0.15) is 0 Å². The zero-order valence-electron chi connectivity index (χ0n) is 9.60. The first-order valence-electron chi connectivity index (χ1n) is 5.12. The Kier molecular flexibility index (Phi) is 3.54. The summed E-state index contributed by atoms with van der Waals surface area (Å²) < 4.78 is 10.5. The van der Waals surface area contributed by atoms with Gasteiger partial charge >= 0.3 is 0 Å². The van der Waals surface area contributed by atoms with Crippen LogP contribution in [-0.2, 0) is 0 Å². The Hall–Kier alpha value is -1.68. The van der Waals surface area contributed by atoms with Crippen molar-refractivity contribution in [1.82, 2.24) is 0 Å². The summed E-state index contributed by atoms with van der Waals surface area (Å²) in [4.78, 5) is 12.1. The van der Waals surface area contributed by atoms with E-state index >= 15 is 0 Å². The van der Waals surface area contributed by atoms with Crippen molar-refractivity contribution in [1.29, 1.82) is 0 Å². The molecule has 88 valence electrons. The molecule has 0 atom stereocenters. The minimum Gasteiger partial charge on any atom is -0.497 e. The molecule has 0 aliphatic carbocycles. The monoisotopic (exact) mass is 248 g/mol. The van der Waals surface area contributed by atoms with Crippen molar-refractivity contribution < 1.29 is 13.9 Å². The molecule has 0 fully saturated rings. The molecule has 2 aromatic rings. The third kappa shape index (κ3) is 2.91. The fourth-order valence-electron chi connectivity index (χ4n) is 1.32. The topological polar surface area (TPSA) is 39.4 Å². The molecule has 4 heteroatoms. The van der Waals surface area contributed by atoms with Crippen LogP contribution in [0, 0.1) is 0 Å². The van der Waals surface area contributed by atoms with Crippen LogP contribution in [0.1, 0.15) is 17.5 Å². The van der Waals surface area contributed by atoms with E-state index in [0.29, 0.717) is 10.9 Å². The average Bonchev–Trinajstić information content (AvgIpc) is 2.79. The van der Waals surface area contributed by atoms with Crippen molar-refractivity contribution in [2.24, 2.45) is 0 Å². The van der Waals surface area contributed by atoms with E-state index < -0.39 is 0 Å². The van der Waals surface area contributed by atoms with Crippen molar-refractivity contribution in [3.05, 3.63) is 42.2 Å². The van der Waals surface area contributed by atoms with E-state index in [-0.39, 0.29) is 5.78 Å². The molecular weight excluding hydrogens is 236 g/mol. The molecule has 0 radical (unpaired) electrons. The molecule has 1 heterocycles. The Morgan fingerprint density at radius 3 is 2.41 bits per heavy atom. The summed E-state index contributed by atoms with van der Waals surface area (Å²) in [5.74, 6) is 1.14. The number of hydrogen-bond acceptors (Lipinski definition) is 4. The highest BCUT2D eigenvalue weighted by atomic mass is 32.2. The summed E-state index contributed by atoms with van der Waals surface area (Å²) in [6.07, 6.45) is 0. The second kappa shape index (κ2) is 5.10. The Morgan fingerprint density at radius 1 is 1.18 bits per heavy atom. The van der Waals surface area contributed by atoms with Crippen LogP contribution in [0.4, 0.5) is 0 Å². The summed E-state index contributed by atoms with van der Waals surface area (Å²) in [5.41, 5.74) is 0. The van der Waals surface area contributed by atoms with E-state index in [9.17, 15) is 4.79 Å². The molecule has 0 aliphatic heterocycles. The Balaban J connectivity index is 2.11. The van der Waals surface area contributed by atoms with E-state index in [0.717, 1.165) is 10.6 Å². The van der Waals surface area contributed by atoms with E-state index in [2.05, 4.69) is 0 Å². The second-order valence-corrected chi connectivity index (χ2v) is 4.53. The molecule has 0 saturated heterocycles. The molecule has 1 aromatic heterocycles. The number of rotatable bonds is 4. The summed E-state index contributed by atoms with van der Waals surface area (Å²) in [7, 11) is 1.63. The second-order valence-electron chi connectivity index (χ2n) is 3.45. The Labute approximate surface area is 104 Å². The van der Waals surface area contributed by atoms with Gasteiger partial charge in [0.05, 0.1) is 7.11 Å². The van der Waals surface area contributed by atoms with E-state index in [4.69, 9.17) is 9.15 Å². The number of ether oxygens (including phenoxy) is 1. The van der Waals surface area contributed by atoms with Gasteiger partial charge in [0.15, 0.2) is 16.6 Å². The lowest BCUT2D eigenvalue weighted by Gasteiger charge is -2.01. The largest absolute Gasteiger partial charge is 0.497 e. The van der Waals surface area contributed by atoms with Gasteiger partial charge in [-0.05, 0) is 36.4 Å². The number of carbonyl (C=O) groups excluding carboxylic acids is 1. The number of Topliss-reactive ketones (excluding diaryl/α,β-unsaturated/α-hetero) is 1. The molecular formula is C13H12O3S. The van der Waals surface area contributed by atoms with Gasteiger partial charge in [0.1, 0.15) is 5.75 Å². The van der Waals surface area contributed by atoms with Crippen molar-refractivity contribution in [3.8, 4) is 5.75 Å². The van der Waals surface area contributed by atoms with Crippen molar-refractivity contribution in [2.45, 2.75) is 16.9 Å². The molecule has 0 spiro atoms. The number of ketones is 1. The van der Waals surface area contributed by atoms with Crippen LogP contribution in [0.25, 0.3) is 0 Å². The maximum atomic E-state index is 11.1. The predicted molar refractivity (Wildman–Crippen MR) is 65.8 cm³/mol. The van der Waals surface area contributed by atoms with Gasteiger partial charge in [-0.3, -0.25) is 4.79 Å². The first kappa shape index (κ1) is 11.8. The molecule has 0 N–H and O–H groups in total. The van der Waals surface area contributed by atoms with Gasteiger partial charge in [0.25, 0.3) is 0 Å². The van der Waals surface area contributed by atoms with E-state index in [1.165, 1.54) is 18.7 Å². The van der Waals surface area contributed by atoms with E-state index in [1.807, 2.05) is 24.3 Å². The first-order chi connectivity index (χ1) is 8.19. The third-order valence-electron chi connectivity index (χ3n) is 2.21. The molecule has 0 amide bonds. The third-order valence-corrected chi connectivity index (χ3v) is 3.13. The number of benzene rings is 1. The highest BCUT2D eigenvalue weighted by Gasteiger charge is 2.07. The summed E-state index contributed by atoms with van der Waals surface area (Å²) in [5, 5.41) is 0.709. The highest BCUT2D eigenvalue weighted by molar-refractivity contribution is 7.99. The summed E-state index contributed by atoms with van der Waals surface area (Å²) >= 11 is 1.47. The fourth-order valence-corrected chi connectivity index (χ4v) is 2.10. The molecule has 0 unspecified atom stereocenters. The lowest BCUT2D eigenvalue weighted by Crippen LogP contribution is -1.85. The minimum atomic E-state index is -0.0634. The van der Waals surface area contributed by atoms with Crippen LogP contribution in [0.15, 0.2) is 50.8 Å². The molecule has 1 aromatic carbocycles. The van der Waals surface area contributed by atoms with Crippen LogP contribution < -0.4 is 4.74 Å². The average molecular weight is 248 g/mol. The standard InChI is InChI=1S/C13H12O3S/c1-9(14)12-7-8-13(16-12)17-11-5-3-10(15-2)4-6-11/h3-8H,1-2H3. The van der Waals surface area contributed by atoms with Gasteiger partial charge in [0.2, 0.25) is 0 Å². The minimum absolute atomic E-state index is 0.0634. The van der Waals surface area contributed by atoms with Gasteiger partial charge in [0, 0.05) is 11.8 Å². The number of furan rings is 1. The lowest BCUT2D eigenvalue weighted by molar-refractivity contribution is 0.0982. The number of hydrogen-bond donors (Lipinski definition) is 0. The maximum absolute atomic E-state index is 11.1. The molecule has 2 rings (SSSR count). The predicted octanol–water partition coefficient (Wildman–Crippen LogP) is 3.64. The molecule has 0 bridgehead atoms. The number of carbonyl (C=O) groups is 1. The highest BCUT2D eigenvalue weighted by Crippen LogP contribution is 2.30. The lowest BCUT2D eigenvalue weighted by atomic mass is 10.3. The molecule has 0 saturated carbocycles. The van der Waals surface area contributed by atoms with Gasteiger partial charge in [-0.15, -0.1) is 0 Å². The molecule has 0 aliphatic rings. The van der Waals surface area contributed by atoms with Gasteiger partial charge in [-0.25, -0.2) is 0 Å². The van der Waals surface area contributed by atoms with Crippen molar-refractivity contribution >= 4 is 17.5 Å². The van der Waals surface area contributed by atoms with Crippen molar-refractivity contribution in [2.75, 3.05) is 7.11 Å². The summed E-state index contributed by atoms with van der Waals surface area (Å²) in [6, 6.07) is 11.1. The van der Waals surface area contributed by atoms with Crippen LogP contribution in [0.3, 0.4) is 0 Å². The molecule has 17 heavy (non-hydrogen) atoms. The van der Waals surface area contributed by atoms with Crippen LogP contribution >= 0.6 is 11.8 Å². The van der Waals surface area contributed by atoms with Crippen molar-refractivity contribution in [3.63, 3.8) is 0 Å². The van der Waals surface area contributed by atoms with Crippen LogP contribution in [-0.4, -0.2) is 12.9 Å². The van der Waals surface area contributed by atoms with Gasteiger partial charge in [-0.1, -0.05) is 11.8 Å². The smallest absolute Gasteiger partial charge is 0.194 e. The Bertz CT molecular complexity index is 514. The number of methoxy groups -OCH3 is 1. The first-order valence-corrected chi connectivity index (χ1v) is 5.93. The fraction of sp³-hybridized carbons (Fsp3) is 0.154. The zero-order chi connectivity index (χ0) is 12.3. The zero-order valence-corrected chi connectivity index (χ0v) is 10.4.